The number of aromatic nitrogens is 1. The van der Waals surface area contributed by atoms with Gasteiger partial charge >= 0.3 is 0 Å². The first kappa shape index (κ1) is 21.0. The molecule has 0 unspecified atom stereocenters. The van der Waals surface area contributed by atoms with Gasteiger partial charge in [0.1, 0.15) is 21.7 Å². The Bertz CT molecular complexity index is 1410. The Kier molecular flexibility index (Phi) is 5.45. The van der Waals surface area contributed by atoms with Gasteiger partial charge in [-0.25, -0.2) is 22.2 Å². The van der Waals surface area contributed by atoms with Gasteiger partial charge in [-0.3, -0.25) is 0 Å². The molecule has 0 bridgehead atoms. The number of hydrogen-bond donors (Lipinski definition) is 0. The van der Waals surface area contributed by atoms with E-state index in [1.54, 1.807) is 24.3 Å². The fourth-order valence-corrected chi connectivity index (χ4v) is 5.48. The summed E-state index contributed by atoms with van der Waals surface area (Å²) in [6.07, 6.45) is 0. The molecule has 4 aromatic rings. The Morgan fingerprint density at radius 1 is 0.833 bits per heavy atom. The number of nitrogens with zero attached hydrogens (tertiary/aromatic N) is 1. The first-order valence-electron chi connectivity index (χ1n) is 8.43. The quantitative estimate of drug-likeness (QED) is 0.233. The van der Waals surface area contributed by atoms with Crippen LogP contribution < -0.4 is 0 Å². The Hall–Kier alpha value is -2.25. The molecule has 152 valence electrons. The number of benzene rings is 3. The number of sulfone groups is 1. The maximum atomic E-state index is 13.8. The molecule has 0 aliphatic heterocycles. The van der Waals surface area contributed by atoms with E-state index in [9.17, 15) is 17.2 Å². The van der Waals surface area contributed by atoms with Gasteiger partial charge in [0.2, 0.25) is 9.84 Å². The molecule has 3 nitrogen and oxygen atoms in total. The molecule has 0 fully saturated rings. The highest BCUT2D eigenvalue weighted by Gasteiger charge is 2.29. The lowest BCUT2D eigenvalue weighted by Gasteiger charge is -2.16. The van der Waals surface area contributed by atoms with Crippen LogP contribution in [-0.2, 0) is 9.84 Å². The fraction of sp³-hybridized carbons (Fsp3) is 0. The summed E-state index contributed by atoms with van der Waals surface area (Å²) in [6.45, 7) is 0. The van der Waals surface area contributed by atoms with E-state index in [1.807, 2.05) is 0 Å². The van der Waals surface area contributed by atoms with Gasteiger partial charge in [0.25, 0.3) is 0 Å². The second-order valence-electron chi connectivity index (χ2n) is 6.35. The average molecular weight is 485 g/mol. The van der Waals surface area contributed by atoms with E-state index in [4.69, 9.17) is 34.8 Å². The Morgan fingerprint density at radius 2 is 1.53 bits per heavy atom. The van der Waals surface area contributed by atoms with E-state index >= 15 is 0 Å². The van der Waals surface area contributed by atoms with Gasteiger partial charge in [-0.05, 0) is 48.0 Å². The van der Waals surface area contributed by atoms with Gasteiger partial charge in [-0.15, -0.1) is 0 Å². The summed E-state index contributed by atoms with van der Waals surface area (Å²) in [5, 5.41) is 0.119. The van der Waals surface area contributed by atoms with Crippen molar-refractivity contribution >= 4 is 55.5 Å². The van der Waals surface area contributed by atoms with Crippen molar-refractivity contribution in [2.45, 2.75) is 9.79 Å². The lowest BCUT2D eigenvalue weighted by molar-refractivity contribution is 0.595. The van der Waals surface area contributed by atoms with Gasteiger partial charge in [-0.2, -0.15) is 0 Å². The summed E-state index contributed by atoms with van der Waals surface area (Å²) in [4.78, 5) is 3.53. The molecule has 0 aliphatic carbocycles. The van der Waals surface area contributed by atoms with E-state index < -0.39 is 21.5 Å². The third-order valence-electron chi connectivity index (χ3n) is 4.47. The fourth-order valence-electron chi connectivity index (χ4n) is 3.10. The molecule has 0 N–H and O–H groups in total. The molecule has 1 heterocycles. The summed E-state index contributed by atoms with van der Waals surface area (Å²) < 4.78 is 54.3. The predicted octanol–water partition coefficient (Wildman–Crippen LogP) is 6.97. The third kappa shape index (κ3) is 3.65. The monoisotopic (exact) mass is 483 g/mol. The second-order valence-corrected chi connectivity index (χ2v) is 9.44. The maximum absolute atomic E-state index is 13.8. The van der Waals surface area contributed by atoms with Crippen LogP contribution >= 0.6 is 34.8 Å². The number of rotatable bonds is 3. The third-order valence-corrected chi connectivity index (χ3v) is 7.20. The number of fused-ring (bicyclic) bond motifs is 1. The molecule has 0 saturated heterocycles. The van der Waals surface area contributed by atoms with Crippen LogP contribution in [0.5, 0.6) is 0 Å². The van der Waals surface area contributed by atoms with Gasteiger partial charge < -0.3 is 0 Å². The number of pyridine rings is 1. The molecule has 9 heteroatoms. The standard InChI is InChI=1S/C21H10Cl3F2NO2S/c22-12-3-1-11(2-4-12)19-15-7-5-13(25)9-18(15)27-21(24)20(19)30(28,29)14-6-8-17(26)16(23)10-14/h1-10H. The minimum atomic E-state index is -4.27. The lowest BCUT2D eigenvalue weighted by Crippen LogP contribution is -2.07. The van der Waals surface area contributed by atoms with Crippen LogP contribution in [0.25, 0.3) is 22.0 Å². The molecular weight excluding hydrogens is 475 g/mol. The van der Waals surface area contributed by atoms with E-state index in [0.29, 0.717) is 16.0 Å². The van der Waals surface area contributed by atoms with Crippen molar-refractivity contribution in [3.05, 3.63) is 87.5 Å². The highest BCUT2D eigenvalue weighted by molar-refractivity contribution is 7.91. The van der Waals surface area contributed by atoms with Gasteiger partial charge in [-0.1, -0.05) is 46.9 Å². The van der Waals surface area contributed by atoms with Crippen LogP contribution in [0.4, 0.5) is 8.78 Å². The van der Waals surface area contributed by atoms with Crippen LogP contribution in [0.15, 0.2) is 70.5 Å². The normalized spacial score (nSPS) is 11.8. The highest BCUT2D eigenvalue weighted by Crippen LogP contribution is 2.41. The van der Waals surface area contributed by atoms with Crippen molar-refractivity contribution in [2.75, 3.05) is 0 Å². The van der Waals surface area contributed by atoms with E-state index in [2.05, 4.69) is 4.98 Å². The molecule has 0 atom stereocenters. The summed E-state index contributed by atoms with van der Waals surface area (Å²) in [5.41, 5.74) is 0.884. The van der Waals surface area contributed by atoms with Gasteiger partial charge in [0.05, 0.1) is 15.4 Å². The smallest absolute Gasteiger partial charge is 0.210 e. The Morgan fingerprint density at radius 3 is 2.20 bits per heavy atom. The Labute approximate surface area is 185 Å². The van der Waals surface area contributed by atoms with Crippen LogP contribution in [0.2, 0.25) is 15.2 Å². The van der Waals surface area contributed by atoms with Gasteiger partial charge in [0, 0.05) is 22.0 Å². The molecule has 0 aliphatic rings. The Balaban J connectivity index is 2.12. The van der Waals surface area contributed by atoms with Crippen molar-refractivity contribution in [3.8, 4) is 11.1 Å². The first-order valence-corrected chi connectivity index (χ1v) is 11.0. The zero-order chi connectivity index (χ0) is 21.6. The highest BCUT2D eigenvalue weighted by atomic mass is 35.5. The van der Waals surface area contributed by atoms with Crippen LogP contribution in [0.3, 0.4) is 0 Å². The number of halogens is 5. The topological polar surface area (TPSA) is 47.0 Å². The molecule has 0 saturated carbocycles. The molecule has 0 spiro atoms. The van der Waals surface area contributed by atoms with Crippen molar-refractivity contribution in [2.24, 2.45) is 0 Å². The van der Waals surface area contributed by atoms with Crippen molar-refractivity contribution in [1.82, 2.24) is 4.98 Å². The molecule has 3 aromatic carbocycles. The number of hydrogen-bond acceptors (Lipinski definition) is 3. The van der Waals surface area contributed by atoms with E-state index in [0.717, 1.165) is 24.3 Å². The van der Waals surface area contributed by atoms with Crippen molar-refractivity contribution in [1.29, 1.82) is 0 Å². The van der Waals surface area contributed by atoms with Crippen molar-refractivity contribution < 1.29 is 17.2 Å². The van der Waals surface area contributed by atoms with E-state index in [1.165, 1.54) is 12.1 Å². The van der Waals surface area contributed by atoms with Crippen molar-refractivity contribution in [3.63, 3.8) is 0 Å². The molecule has 4 rings (SSSR count). The summed E-state index contributed by atoms with van der Waals surface area (Å²) in [5.74, 6) is -1.30. The molecule has 0 radical (unpaired) electrons. The average Bonchev–Trinajstić information content (AvgIpc) is 2.69. The van der Waals surface area contributed by atoms with Crippen LogP contribution in [0.1, 0.15) is 0 Å². The molecular formula is C21H10Cl3F2NO2S. The first-order chi connectivity index (χ1) is 14.2. The van der Waals surface area contributed by atoms with Crippen LogP contribution in [0, 0.1) is 11.6 Å². The minimum Gasteiger partial charge on any atom is -0.235 e. The summed E-state index contributed by atoms with van der Waals surface area (Å²) >= 11 is 18.1. The summed E-state index contributed by atoms with van der Waals surface area (Å²) in [6, 6.07) is 13.2. The zero-order valence-electron chi connectivity index (χ0n) is 14.8. The SMILES string of the molecule is O=S(=O)(c1ccc(F)c(Cl)c1)c1c(Cl)nc2cc(F)ccc2c1-c1ccc(Cl)cc1. The van der Waals surface area contributed by atoms with E-state index in [-0.39, 0.29) is 31.0 Å². The molecule has 0 amide bonds. The minimum absolute atomic E-state index is 0.182. The van der Waals surface area contributed by atoms with Gasteiger partial charge in [0.15, 0.2) is 0 Å². The zero-order valence-corrected chi connectivity index (χ0v) is 17.9. The lowest BCUT2D eigenvalue weighted by atomic mass is 10.0. The molecule has 1 aromatic heterocycles. The predicted molar refractivity (Wildman–Crippen MR) is 114 cm³/mol. The second kappa shape index (κ2) is 7.78. The largest absolute Gasteiger partial charge is 0.235 e. The van der Waals surface area contributed by atoms with Crippen LogP contribution in [-0.4, -0.2) is 13.4 Å². The molecule has 30 heavy (non-hydrogen) atoms. The maximum Gasteiger partial charge on any atom is 0.210 e. The summed E-state index contributed by atoms with van der Waals surface area (Å²) in [7, 11) is -4.27.